The van der Waals surface area contributed by atoms with Gasteiger partial charge in [0.05, 0.1) is 50.1 Å². The summed E-state index contributed by atoms with van der Waals surface area (Å²) in [7, 11) is 0. The molecular weight excluding hydrogens is 398 g/mol. The number of hydrogen-bond donors (Lipinski definition) is 1. The zero-order valence-corrected chi connectivity index (χ0v) is 17.2. The minimum Gasteiger partial charge on any atom is -0.462 e. The number of rotatable bonds is 6. The van der Waals surface area contributed by atoms with Crippen LogP contribution in [0.2, 0.25) is 0 Å². The number of esters is 1. The van der Waals surface area contributed by atoms with E-state index in [0.29, 0.717) is 60.7 Å². The Morgan fingerprint density at radius 2 is 1.90 bits per heavy atom. The third-order valence-electron chi connectivity index (χ3n) is 4.82. The molecule has 2 aromatic carbocycles. The highest BCUT2D eigenvalue weighted by Crippen LogP contribution is 2.23. The molecular formula is C23H23N3O5. The number of morpholine rings is 1. The Labute approximate surface area is 179 Å². The lowest BCUT2D eigenvalue weighted by molar-refractivity contribution is 0.0397. The number of carbonyl (C=O) groups is 1. The van der Waals surface area contributed by atoms with Crippen LogP contribution in [-0.4, -0.2) is 50.1 Å². The molecule has 0 aliphatic carbocycles. The lowest BCUT2D eigenvalue weighted by Gasteiger charge is -2.23. The third-order valence-corrected chi connectivity index (χ3v) is 4.82. The molecule has 1 aliphatic heterocycles. The van der Waals surface area contributed by atoms with E-state index in [2.05, 4.69) is 10.4 Å². The summed E-state index contributed by atoms with van der Waals surface area (Å²) in [6, 6.07) is 13.8. The molecule has 1 saturated heterocycles. The Kier molecular flexibility index (Phi) is 6.28. The molecule has 1 fully saturated rings. The van der Waals surface area contributed by atoms with E-state index in [9.17, 15) is 9.59 Å². The first kappa shape index (κ1) is 20.6. The van der Waals surface area contributed by atoms with Crippen LogP contribution in [0.1, 0.15) is 22.8 Å². The van der Waals surface area contributed by atoms with Crippen LogP contribution in [-0.2, 0) is 9.47 Å². The van der Waals surface area contributed by atoms with Crippen molar-refractivity contribution >= 4 is 34.7 Å². The maximum atomic E-state index is 13.1. The van der Waals surface area contributed by atoms with E-state index < -0.39 is 0 Å². The quantitative estimate of drug-likeness (QED) is 0.482. The highest BCUT2D eigenvalue weighted by molar-refractivity contribution is 5.93. The fraction of sp³-hybridized carbons (Fsp3) is 0.261. The lowest BCUT2D eigenvalue weighted by Crippen LogP contribution is -2.32. The van der Waals surface area contributed by atoms with Crippen LogP contribution in [0.15, 0.2) is 62.8 Å². The first-order chi connectivity index (χ1) is 15.2. The minimum atomic E-state index is -0.385. The number of ether oxygens (including phenoxy) is 2. The number of anilines is 2. The minimum absolute atomic E-state index is 0.176. The van der Waals surface area contributed by atoms with Gasteiger partial charge in [-0.1, -0.05) is 12.1 Å². The van der Waals surface area contributed by atoms with Crippen LogP contribution in [0, 0.1) is 0 Å². The van der Waals surface area contributed by atoms with E-state index in [1.165, 1.54) is 6.21 Å². The largest absolute Gasteiger partial charge is 0.462 e. The summed E-state index contributed by atoms with van der Waals surface area (Å²) in [5, 5.41) is 9.92. The number of nitrogens with zero attached hydrogens (tertiary/aromatic N) is 2. The van der Waals surface area contributed by atoms with Gasteiger partial charge in [0.25, 0.3) is 0 Å². The van der Waals surface area contributed by atoms with Crippen molar-refractivity contribution in [2.75, 3.05) is 38.2 Å². The predicted octanol–water partition coefficient (Wildman–Crippen LogP) is 3.38. The van der Waals surface area contributed by atoms with E-state index in [1.54, 1.807) is 49.4 Å². The van der Waals surface area contributed by atoms with Crippen molar-refractivity contribution in [2.24, 2.45) is 5.10 Å². The average molecular weight is 421 g/mol. The highest BCUT2D eigenvalue weighted by atomic mass is 16.5. The van der Waals surface area contributed by atoms with Gasteiger partial charge in [0.1, 0.15) is 11.1 Å². The summed E-state index contributed by atoms with van der Waals surface area (Å²) in [5.74, 6) is -0.103. The molecule has 3 aromatic rings. The molecule has 4 rings (SSSR count). The molecule has 0 spiro atoms. The van der Waals surface area contributed by atoms with Crippen LogP contribution >= 0.6 is 0 Å². The van der Waals surface area contributed by atoms with Gasteiger partial charge in [0, 0.05) is 5.69 Å². The second kappa shape index (κ2) is 9.44. The van der Waals surface area contributed by atoms with E-state index in [4.69, 9.17) is 13.9 Å². The number of hydrazone groups is 1. The normalized spacial score (nSPS) is 14.2. The van der Waals surface area contributed by atoms with Crippen LogP contribution < -0.4 is 10.7 Å². The van der Waals surface area contributed by atoms with Crippen LogP contribution in [0.3, 0.4) is 0 Å². The second-order valence-electron chi connectivity index (χ2n) is 6.90. The number of benzene rings is 2. The van der Waals surface area contributed by atoms with Crippen molar-refractivity contribution < 1.29 is 18.7 Å². The van der Waals surface area contributed by atoms with Gasteiger partial charge in [-0.15, -0.1) is 0 Å². The van der Waals surface area contributed by atoms with Gasteiger partial charge in [-0.3, -0.25) is 9.80 Å². The van der Waals surface area contributed by atoms with Gasteiger partial charge < -0.3 is 19.2 Å². The van der Waals surface area contributed by atoms with Crippen LogP contribution in [0.25, 0.3) is 11.0 Å². The fourth-order valence-corrected chi connectivity index (χ4v) is 3.21. The molecule has 0 amide bonds. The molecule has 31 heavy (non-hydrogen) atoms. The van der Waals surface area contributed by atoms with Gasteiger partial charge in [-0.25, -0.2) is 4.79 Å². The summed E-state index contributed by atoms with van der Waals surface area (Å²) < 4.78 is 16.3. The van der Waals surface area contributed by atoms with E-state index in [1.807, 2.05) is 11.1 Å². The maximum Gasteiger partial charge on any atom is 0.338 e. The van der Waals surface area contributed by atoms with Gasteiger partial charge in [0.2, 0.25) is 11.3 Å². The second-order valence-corrected chi connectivity index (χ2v) is 6.90. The van der Waals surface area contributed by atoms with Gasteiger partial charge in [-0.2, -0.15) is 5.10 Å². The van der Waals surface area contributed by atoms with Gasteiger partial charge in [-0.05, 0) is 43.3 Å². The summed E-state index contributed by atoms with van der Waals surface area (Å²) in [5.41, 5.74) is 1.72. The highest BCUT2D eigenvalue weighted by Gasteiger charge is 2.15. The molecule has 0 radical (unpaired) electrons. The third kappa shape index (κ3) is 4.75. The van der Waals surface area contributed by atoms with Crippen molar-refractivity contribution in [3.63, 3.8) is 0 Å². The molecule has 0 unspecified atom stereocenters. The Morgan fingerprint density at radius 3 is 2.65 bits per heavy atom. The number of nitrogens with one attached hydrogen (secondary N) is 1. The topological polar surface area (TPSA) is 93.4 Å². The first-order valence-electron chi connectivity index (χ1n) is 10.1. The van der Waals surface area contributed by atoms with E-state index in [-0.39, 0.29) is 17.3 Å². The molecule has 0 atom stereocenters. The Hall–Kier alpha value is -3.65. The van der Waals surface area contributed by atoms with Crippen LogP contribution in [0.4, 0.5) is 11.6 Å². The Bertz CT molecular complexity index is 1150. The number of carbonyl (C=O) groups excluding carboxylic acids is 1. The van der Waals surface area contributed by atoms with Crippen molar-refractivity contribution in [3.8, 4) is 0 Å². The van der Waals surface area contributed by atoms with E-state index in [0.717, 1.165) is 0 Å². The predicted molar refractivity (Wildman–Crippen MR) is 118 cm³/mol. The first-order valence-corrected chi connectivity index (χ1v) is 10.1. The van der Waals surface area contributed by atoms with Crippen molar-refractivity contribution in [3.05, 3.63) is 69.9 Å². The molecule has 8 heteroatoms. The molecule has 0 bridgehead atoms. The monoisotopic (exact) mass is 421 g/mol. The zero-order valence-electron chi connectivity index (χ0n) is 17.2. The molecule has 160 valence electrons. The van der Waals surface area contributed by atoms with Crippen molar-refractivity contribution in [1.29, 1.82) is 0 Å². The molecule has 1 aliphatic rings. The SMILES string of the molecule is CCOC(=O)c1ccc(Nc2oc3ccccc3c(=O)c2C=NN2CCOCC2)cc1. The maximum absolute atomic E-state index is 13.1. The van der Waals surface area contributed by atoms with Gasteiger partial charge >= 0.3 is 5.97 Å². The number of fused-ring (bicyclic) bond motifs is 1. The standard InChI is InChI=1S/C23H23N3O5/c1-2-30-23(28)16-7-9-17(10-8-16)25-22-19(15-24-26-11-13-29-14-12-26)21(27)18-5-3-4-6-20(18)31-22/h3-10,15,25H,2,11-14H2,1H3. The number of para-hydroxylation sites is 1. The van der Waals surface area contributed by atoms with Crippen molar-refractivity contribution in [1.82, 2.24) is 5.01 Å². The lowest BCUT2D eigenvalue weighted by atomic mass is 10.1. The summed E-state index contributed by atoms with van der Waals surface area (Å²) in [4.78, 5) is 25.0. The smallest absolute Gasteiger partial charge is 0.338 e. The molecule has 1 N–H and O–H groups in total. The molecule has 2 heterocycles. The summed E-state index contributed by atoms with van der Waals surface area (Å²) in [6.45, 7) is 4.59. The Balaban J connectivity index is 1.67. The fourth-order valence-electron chi connectivity index (χ4n) is 3.21. The number of hydrogen-bond acceptors (Lipinski definition) is 8. The molecule has 0 saturated carbocycles. The van der Waals surface area contributed by atoms with Gasteiger partial charge in [0.15, 0.2) is 0 Å². The summed E-state index contributed by atoms with van der Waals surface area (Å²) in [6.07, 6.45) is 1.53. The average Bonchev–Trinajstić information content (AvgIpc) is 2.80. The van der Waals surface area contributed by atoms with Crippen molar-refractivity contribution in [2.45, 2.75) is 6.92 Å². The molecule has 8 nitrogen and oxygen atoms in total. The molecule has 1 aromatic heterocycles. The van der Waals surface area contributed by atoms with Crippen LogP contribution in [0.5, 0.6) is 0 Å². The Morgan fingerprint density at radius 1 is 1.16 bits per heavy atom. The summed E-state index contributed by atoms with van der Waals surface area (Å²) >= 11 is 0. The zero-order chi connectivity index (χ0) is 21.6. The van der Waals surface area contributed by atoms with E-state index >= 15 is 0 Å².